The summed E-state index contributed by atoms with van der Waals surface area (Å²) < 4.78 is 41.0. The fourth-order valence-corrected chi connectivity index (χ4v) is 4.78. The molecule has 0 heterocycles. The third kappa shape index (κ3) is 8.33. The molecule has 0 spiro atoms. The third-order valence-corrected chi connectivity index (χ3v) is 6.77. The average molecular weight is 557 g/mol. The summed E-state index contributed by atoms with van der Waals surface area (Å²) in [6.07, 6.45) is -4.62. The first-order valence-electron chi connectivity index (χ1n) is 13.2. The predicted molar refractivity (Wildman–Crippen MR) is 154 cm³/mol. The normalized spacial score (nSPS) is 13.5. The van der Waals surface area contributed by atoms with Crippen LogP contribution in [0.1, 0.15) is 28.3 Å². The SMILES string of the molecule is NC(c1ccccc1)[C@@H](C(=O)C=C(Cc1ccccc1)C(=O)C(F)(F)F)N(Cc1ccccc1)Cc1ccccc1. The Morgan fingerprint density at radius 2 is 1.10 bits per heavy atom. The number of Topliss-reactive ketones (excluding diaryl/α,β-unsaturated/α-hetero) is 1. The second kappa shape index (κ2) is 13.8. The zero-order chi connectivity index (χ0) is 29.2. The highest BCUT2D eigenvalue weighted by molar-refractivity contribution is 6.07. The first kappa shape index (κ1) is 29.6. The number of nitrogens with zero attached hydrogens (tertiary/aromatic N) is 1. The molecule has 0 saturated heterocycles. The molecule has 4 rings (SSSR count). The van der Waals surface area contributed by atoms with Gasteiger partial charge in [-0.1, -0.05) is 121 Å². The third-order valence-electron chi connectivity index (χ3n) is 6.77. The van der Waals surface area contributed by atoms with E-state index in [0.29, 0.717) is 24.2 Å². The Kier molecular flexibility index (Phi) is 10.0. The number of carbonyl (C=O) groups excluding carboxylic acids is 2. The van der Waals surface area contributed by atoms with Crippen LogP contribution in [0.25, 0.3) is 0 Å². The van der Waals surface area contributed by atoms with Crippen molar-refractivity contribution in [3.8, 4) is 0 Å². The number of carbonyl (C=O) groups is 2. The highest BCUT2D eigenvalue weighted by Gasteiger charge is 2.41. The monoisotopic (exact) mass is 556 g/mol. The number of allylic oxidation sites excluding steroid dienone is 1. The van der Waals surface area contributed by atoms with Gasteiger partial charge in [0.2, 0.25) is 0 Å². The molecule has 7 heteroatoms. The van der Waals surface area contributed by atoms with Gasteiger partial charge in [-0.05, 0) is 28.3 Å². The van der Waals surface area contributed by atoms with Crippen molar-refractivity contribution in [2.75, 3.05) is 0 Å². The summed E-state index contributed by atoms with van der Waals surface area (Å²) in [6.45, 7) is 0.615. The maximum atomic E-state index is 14.1. The van der Waals surface area contributed by atoms with Gasteiger partial charge in [-0.3, -0.25) is 14.5 Å². The Bertz CT molecular complexity index is 1400. The summed E-state index contributed by atoms with van der Waals surface area (Å²) in [5.74, 6) is -2.71. The molecule has 1 unspecified atom stereocenters. The molecule has 0 fully saturated rings. The molecule has 0 saturated carbocycles. The lowest BCUT2D eigenvalue weighted by atomic mass is 9.91. The van der Waals surface area contributed by atoms with E-state index in [4.69, 9.17) is 5.73 Å². The molecule has 0 aliphatic carbocycles. The summed E-state index contributed by atoms with van der Waals surface area (Å²) in [5.41, 5.74) is 9.06. The van der Waals surface area contributed by atoms with Crippen LogP contribution in [0.3, 0.4) is 0 Å². The van der Waals surface area contributed by atoms with Gasteiger partial charge in [-0.25, -0.2) is 0 Å². The predicted octanol–water partition coefficient (Wildman–Crippen LogP) is 6.63. The zero-order valence-electron chi connectivity index (χ0n) is 22.4. The Hall–Kier alpha value is -4.33. The van der Waals surface area contributed by atoms with Crippen LogP contribution in [0, 0.1) is 0 Å². The van der Waals surface area contributed by atoms with Crippen LogP contribution < -0.4 is 5.73 Å². The van der Waals surface area contributed by atoms with Gasteiger partial charge in [0.25, 0.3) is 5.78 Å². The van der Waals surface area contributed by atoms with Crippen molar-refractivity contribution in [2.24, 2.45) is 5.73 Å². The summed E-state index contributed by atoms with van der Waals surface area (Å²) >= 11 is 0. The second-order valence-electron chi connectivity index (χ2n) is 9.82. The number of ketones is 2. The van der Waals surface area contributed by atoms with E-state index < -0.39 is 35.4 Å². The number of hydrogen-bond acceptors (Lipinski definition) is 4. The molecule has 0 aliphatic rings. The zero-order valence-corrected chi connectivity index (χ0v) is 22.4. The number of hydrogen-bond donors (Lipinski definition) is 1. The van der Waals surface area contributed by atoms with Crippen molar-refractivity contribution in [1.29, 1.82) is 0 Å². The van der Waals surface area contributed by atoms with E-state index >= 15 is 0 Å². The molecule has 2 N–H and O–H groups in total. The van der Waals surface area contributed by atoms with E-state index in [1.807, 2.05) is 71.6 Å². The minimum atomic E-state index is -5.13. The van der Waals surface area contributed by atoms with Crippen molar-refractivity contribution in [3.05, 3.63) is 155 Å². The van der Waals surface area contributed by atoms with Crippen molar-refractivity contribution < 1.29 is 22.8 Å². The van der Waals surface area contributed by atoms with Gasteiger partial charge < -0.3 is 5.73 Å². The smallest absolute Gasteiger partial charge is 0.322 e. The molecule has 41 heavy (non-hydrogen) atoms. The van der Waals surface area contributed by atoms with Crippen LogP contribution in [-0.2, 0) is 29.1 Å². The van der Waals surface area contributed by atoms with E-state index in [9.17, 15) is 22.8 Å². The number of nitrogens with two attached hydrogens (primary N) is 1. The van der Waals surface area contributed by atoms with Crippen LogP contribution in [0.15, 0.2) is 133 Å². The molecule has 0 radical (unpaired) electrons. The largest absolute Gasteiger partial charge is 0.454 e. The second-order valence-corrected chi connectivity index (χ2v) is 9.82. The van der Waals surface area contributed by atoms with E-state index in [-0.39, 0.29) is 6.42 Å². The average Bonchev–Trinajstić information content (AvgIpc) is 2.98. The maximum Gasteiger partial charge on any atom is 0.454 e. The van der Waals surface area contributed by atoms with E-state index in [1.54, 1.807) is 54.6 Å². The van der Waals surface area contributed by atoms with Gasteiger partial charge in [0.15, 0.2) is 5.78 Å². The van der Waals surface area contributed by atoms with Crippen molar-refractivity contribution in [3.63, 3.8) is 0 Å². The van der Waals surface area contributed by atoms with Gasteiger partial charge >= 0.3 is 6.18 Å². The van der Waals surface area contributed by atoms with Crippen molar-refractivity contribution in [1.82, 2.24) is 4.90 Å². The molecular weight excluding hydrogens is 525 g/mol. The lowest BCUT2D eigenvalue weighted by Gasteiger charge is -2.34. The highest BCUT2D eigenvalue weighted by atomic mass is 19.4. The molecule has 4 aromatic rings. The molecule has 4 nitrogen and oxygen atoms in total. The first-order chi connectivity index (χ1) is 19.7. The Morgan fingerprint density at radius 3 is 1.54 bits per heavy atom. The molecule has 2 atom stereocenters. The summed E-state index contributed by atoms with van der Waals surface area (Å²) in [7, 11) is 0. The van der Waals surface area contributed by atoms with Gasteiger partial charge in [0.1, 0.15) is 0 Å². The van der Waals surface area contributed by atoms with Crippen LogP contribution in [-0.4, -0.2) is 28.7 Å². The Morgan fingerprint density at radius 1 is 0.683 bits per heavy atom. The lowest BCUT2D eigenvalue weighted by molar-refractivity contribution is -0.166. The Balaban J connectivity index is 1.81. The van der Waals surface area contributed by atoms with Crippen LogP contribution in [0.2, 0.25) is 0 Å². The van der Waals surface area contributed by atoms with Crippen molar-refractivity contribution >= 4 is 11.6 Å². The summed E-state index contributed by atoms with van der Waals surface area (Å²) in [4.78, 5) is 28.5. The van der Waals surface area contributed by atoms with Crippen LogP contribution in [0.4, 0.5) is 13.2 Å². The molecule has 0 aromatic heterocycles. The number of alkyl halides is 3. The fourth-order valence-electron chi connectivity index (χ4n) is 4.78. The van der Waals surface area contributed by atoms with E-state index in [2.05, 4.69) is 0 Å². The molecule has 4 aromatic carbocycles. The number of halogens is 3. The molecule has 210 valence electrons. The van der Waals surface area contributed by atoms with Gasteiger partial charge in [0.05, 0.1) is 12.1 Å². The van der Waals surface area contributed by atoms with Crippen LogP contribution in [0.5, 0.6) is 0 Å². The minimum Gasteiger partial charge on any atom is -0.322 e. The topological polar surface area (TPSA) is 63.4 Å². The van der Waals surface area contributed by atoms with Crippen molar-refractivity contribution in [2.45, 2.75) is 37.8 Å². The minimum absolute atomic E-state index is 0.307. The number of benzene rings is 4. The van der Waals surface area contributed by atoms with Gasteiger partial charge in [-0.15, -0.1) is 0 Å². The summed E-state index contributed by atoms with van der Waals surface area (Å²) in [6, 6.07) is 34.2. The molecule has 0 amide bonds. The fraction of sp³-hybridized carbons (Fsp3) is 0.176. The number of rotatable bonds is 12. The van der Waals surface area contributed by atoms with Gasteiger partial charge in [-0.2, -0.15) is 13.2 Å². The standard InChI is InChI=1S/C34H31F3N2O2/c35-34(36,37)33(41)29(21-25-13-5-1-6-14-25)22-30(40)32(31(38)28-19-11-4-12-20-28)39(23-26-15-7-2-8-16-26)24-27-17-9-3-10-18-27/h1-20,22,31-32H,21,23-24,38H2/t31?,32-/m1/s1. The highest BCUT2D eigenvalue weighted by Crippen LogP contribution is 2.27. The molecule has 0 aliphatic heterocycles. The summed E-state index contributed by atoms with van der Waals surface area (Å²) in [5, 5.41) is 0. The quantitative estimate of drug-likeness (QED) is 0.199. The van der Waals surface area contributed by atoms with Gasteiger partial charge in [0, 0.05) is 25.1 Å². The molecular formula is C34H31F3N2O2. The molecule has 0 bridgehead atoms. The van der Waals surface area contributed by atoms with E-state index in [1.165, 1.54) is 0 Å². The lowest BCUT2D eigenvalue weighted by Crippen LogP contribution is -2.47. The first-order valence-corrected chi connectivity index (χ1v) is 13.2. The van der Waals surface area contributed by atoms with Crippen LogP contribution >= 0.6 is 0 Å². The van der Waals surface area contributed by atoms with E-state index in [0.717, 1.165) is 17.2 Å². The Labute approximate surface area is 237 Å². The maximum absolute atomic E-state index is 14.1.